The lowest BCUT2D eigenvalue weighted by molar-refractivity contribution is -0.111. The van der Waals surface area contributed by atoms with Crippen molar-refractivity contribution >= 4 is 50.3 Å². The lowest BCUT2D eigenvalue weighted by Crippen LogP contribution is -2.07. The number of rotatable bonds is 4. The molecule has 0 fully saturated rings. The van der Waals surface area contributed by atoms with E-state index in [1.54, 1.807) is 18.2 Å². The third kappa shape index (κ3) is 3.98. The number of carbonyl (C=O) groups excluding carboxylic acids is 1. The molecule has 1 N–H and O–H groups in total. The van der Waals surface area contributed by atoms with Crippen LogP contribution in [0.25, 0.3) is 27.6 Å². The van der Waals surface area contributed by atoms with Gasteiger partial charge in [0.1, 0.15) is 17.3 Å². The zero-order chi connectivity index (χ0) is 19.7. The minimum atomic E-state index is -0.351. The van der Waals surface area contributed by atoms with Gasteiger partial charge < -0.3 is 4.42 Å². The highest BCUT2D eigenvalue weighted by atomic mass is 35.5. The summed E-state index contributed by atoms with van der Waals surface area (Å²) >= 11 is 7.37. The normalized spacial score (nSPS) is 11.4. The van der Waals surface area contributed by atoms with Crippen molar-refractivity contribution < 1.29 is 13.6 Å². The van der Waals surface area contributed by atoms with Crippen molar-refractivity contribution in [2.75, 3.05) is 5.32 Å². The Morgan fingerprint density at radius 1 is 1.21 bits per heavy atom. The topological polar surface area (TPSA) is 55.1 Å². The van der Waals surface area contributed by atoms with E-state index in [1.165, 1.54) is 29.5 Å². The first kappa shape index (κ1) is 18.4. The standard InChI is InChI=1S/C21H14ClFN2O2S/c1-12-2-3-13(10-16(12)22)18-8-5-15(27-18)6-9-20(26)25-21-24-17-7-4-14(23)11-19(17)28-21/h2-11H,1H3,(H,24,25,26)/b9-6+. The predicted molar refractivity (Wildman–Crippen MR) is 111 cm³/mol. The molecule has 7 heteroatoms. The quantitative estimate of drug-likeness (QED) is 0.399. The number of fused-ring (bicyclic) bond motifs is 1. The summed E-state index contributed by atoms with van der Waals surface area (Å²) in [5.74, 6) is 0.511. The highest BCUT2D eigenvalue weighted by molar-refractivity contribution is 7.22. The van der Waals surface area contributed by atoms with Gasteiger partial charge in [0.15, 0.2) is 5.13 Å². The van der Waals surface area contributed by atoms with Gasteiger partial charge in [0.2, 0.25) is 5.91 Å². The van der Waals surface area contributed by atoms with Gasteiger partial charge in [0, 0.05) is 16.7 Å². The maximum Gasteiger partial charge on any atom is 0.250 e. The third-order valence-electron chi connectivity index (χ3n) is 4.06. The molecular weight excluding hydrogens is 399 g/mol. The van der Waals surface area contributed by atoms with Crippen molar-refractivity contribution in [1.29, 1.82) is 0 Å². The largest absolute Gasteiger partial charge is 0.457 e. The van der Waals surface area contributed by atoms with E-state index in [0.717, 1.165) is 11.1 Å². The number of aromatic nitrogens is 1. The second-order valence-corrected chi connectivity index (χ2v) is 7.56. The summed E-state index contributed by atoms with van der Waals surface area (Å²) in [5, 5.41) is 3.75. The lowest BCUT2D eigenvalue weighted by atomic mass is 10.1. The SMILES string of the molecule is Cc1ccc(-c2ccc(/C=C/C(=O)Nc3nc4ccc(F)cc4s3)o2)cc1Cl. The number of hydrogen-bond acceptors (Lipinski definition) is 4. The van der Waals surface area contributed by atoms with E-state index in [0.29, 0.717) is 31.9 Å². The predicted octanol–water partition coefficient (Wildman–Crippen LogP) is 6.31. The van der Waals surface area contributed by atoms with Crippen LogP contribution < -0.4 is 5.32 Å². The van der Waals surface area contributed by atoms with Crippen LogP contribution in [0.5, 0.6) is 0 Å². The Morgan fingerprint density at radius 2 is 2.07 bits per heavy atom. The summed E-state index contributed by atoms with van der Waals surface area (Å²) in [4.78, 5) is 16.4. The Balaban J connectivity index is 1.45. The molecule has 4 rings (SSSR count). The molecule has 0 aliphatic carbocycles. The fraction of sp³-hybridized carbons (Fsp3) is 0.0476. The van der Waals surface area contributed by atoms with E-state index in [2.05, 4.69) is 10.3 Å². The van der Waals surface area contributed by atoms with Gasteiger partial charge in [0.05, 0.1) is 10.2 Å². The third-order valence-corrected chi connectivity index (χ3v) is 5.40. The number of halogens is 2. The zero-order valence-electron chi connectivity index (χ0n) is 14.7. The molecule has 0 bridgehead atoms. The summed E-state index contributed by atoms with van der Waals surface area (Å²) in [6.45, 7) is 1.93. The number of anilines is 1. The van der Waals surface area contributed by atoms with Crippen LogP contribution in [-0.4, -0.2) is 10.9 Å². The Morgan fingerprint density at radius 3 is 2.89 bits per heavy atom. The number of benzene rings is 2. The molecule has 1 amide bonds. The molecule has 0 unspecified atom stereocenters. The average Bonchev–Trinajstić information content (AvgIpc) is 3.28. The van der Waals surface area contributed by atoms with E-state index in [4.69, 9.17) is 16.0 Å². The Hall–Kier alpha value is -2.96. The van der Waals surface area contributed by atoms with Crippen LogP contribution in [0.3, 0.4) is 0 Å². The summed E-state index contributed by atoms with van der Waals surface area (Å²) < 4.78 is 19.7. The van der Waals surface area contributed by atoms with Gasteiger partial charge >= 0.3 is 0 Å². The molecule has 0 atom stereocenters. The monoisotopic (exact) mass is 412 g/mol. The van der Waals surface area contributed by atoms with Crippen molar-refractivity contribution in [3.05, 3.63) is 76.8 Å². The highest BCUT2D eigenvalue weighted by Gasteiger charge is 2.08. The van der Waals surface area contributed by atoms with E-state index < -0.39 is 0 Å². The average molecular weight is 413 g/mol. The number of nitrogens with one attached hydrogen (secondary N) is 1. The second-order valence-electron chi connectivity index (χ2n) is 6.12. The molecule has 4 aromatic rings. The molecule has 4 nitrogen and oxygen atoms in total. The first-order chi connectivity index (χ1) is 13.5. The Bertz CT molecular complexity index is 1210. The van der Waals surface area contributed by atoms with Gasteiger partial charge in [-0.3, -0.25) is 10.1 Å². The van der Waals surface area contributed by atoms with Gasteiger partial charge in [0.25, 0.3) is 0 Å². The molecule has 140 valence electrons. The number of furan rings is 1. The zero-order valence-corrected chi connectivity index (χ0v) is 16.3. The van der Waals surface area contributed by atoms with Crippen molar-refractivity contribution in [2.24, 2.45) is 0 Å². The first-order valence-electron chi connectivity index (χ1n) is 8.39. The summed E-state index contributed by atoms with van der Waals surface area (Å²) in [6, 6.07) is 13.6. The molecule has 28 heavy (non-hydrogen) atoms. The molecule has 0 saturated heterocycles. The number of nitrogens with zero attached hydrogens (tertiary/aromatic N) is 1. The van der Waals surface area contributed by atoms with Crippen molar-refractivity contribution in [3.63, 3.8) is 0 Å². The number of aryl methyl sites for hydroxylation is 1. The van der Waals surface area contributed by atoms with Crippen molar-refractivity contribution in [1.82, 2.24) is 4.98 Å². The molecule has 0 spiro atoms. The summed E-state index contributed by atoms with van der Waals surface area (Å²) in [5.41, 5.74) is 2.49. The fourth-order valence-electron chi connectivity index (χ4n) is 2.60. The lowest BCUT2D eigenvalue weighted by Gasteiger charge is -2.00. The van der Waals surface area contributed by atoms with Crippen molar-refractivity contribution in [2.45, 2.75) is 6.92 Å². The van der Waals surface area contributed by atoms with Crippen LogP contribution in [0.1, 0.15) is 11.3 Å². The minimum Gasteiger partial charge on any atom is -0.457 e. The molecule has 0 saturated carbocycles. The number of thiazole rings is 1. The van der Waals surface area contributed by atoms with E-state index in [9.17, 15) is 9.18 Å². The molecule has 2 aromatic carbocycles. The van der Waals surface area contributed by atoms with Crippen LogP contribution in [0, 0.1) is 12.7 Å². The van der Waals surface area contributed by atoms with Crippen molar-refractivity contribution in [3.8, 4) is 11.3 Å². The van der Waals surface area contributed by atoms with Gasteiger partial charge in [-0.1, -0.05) is 35.1 Å². The van der Waals surface area contributed by atoms with Crippen LogP contribution in [-0.2, 0) is 4.79 Å². The molecule has 0 aliphatic rings. The highest BCUT2D eigenvalue weighted by Crippen LogP contribution is 2.28. The molecule has 2 aromatic heterocycles. The first-order valence-corrected chi connectivity index (χ1v) is 9.59. The van der Waals surface area contributed by atoms with Gasteiger partial charge in [-0.25, -0.2) is 9.37 Å². The van der Waals surface area contributed by atoms with Crippen LogP contribution in [0.15, 0.2) is 59.0 Å². The smallest absolute Gasteiger partial charge is 0.250 e. The molecule has 0 radical (unpaired) electrons. The maximum atomic E-state index is 13.2. The van der Waals surface area contributed by atoms with Gasteiger partial charge in [-0.2, -0.15) is 0 Å². The maximum absolute atomic E-state index is 13.2. The number of hydrogen-bond donors (Lipinski definition) is 1. The van der Waals surface area contributed by atoms with E-state index in [1.807, 2.05) is 31.2 Å². The number of amides is 1. The van der Waals surface area contributed by atoms with Crippen LogP contribution >= 0.6 is 22.9 Å². The van der Waals surface area contributed by atoms with Gasteiger partial charge in [-0.15, -0.1) is 0 Å². The summed E-state index contributed by atoms with van der Waals surface area (Å²) in [7, 11) is 0. The fourth-order valence-corrected chi connectivity index (χ4v) is 3.67. The Labute approximate surface area is 169 Å². The van der Waals surface area contributed by atoms with E-state index in [-0.39, 0.29) is 11.7 Å². The molecular formula is C21H14ClFN2O2S. The van der Waals surface area contributed by atoms with Gasteiger partial charge in [-0.05, 0) is 55.0 Å². The minimum absolute atomic E-state index is 0.336. The van der Waals surface area contributed by atoms with E-state index >= 15 is 0 Å². The second kappa shape index (κ2) is 7.58. The van der Waals surface area contributed by atoms with Crippen LogP contribution in [0.2, 0.25) is 5.02 Å². The number of carbonyl (C=O) groups is 1. The Kier molecular flexibility index (Phi) is 4.98. The molecule has 0 aliphatic heterocycles. The molecule has 2 heterocycles. The van der Waals surface area contributed by atoms with Crippen LogP contribution in [0.4, 0.5) is 9.52 Å². The summed E-state index contributed by atoms with van der Waals surface area (Å²) in [6.07, 6.45) is 2.93.